The van der Waals surface area contributed by atoms with Crippen LogP contribution in [0.4, 0.5) is 0 Å². The van der Waals surface area contributed by atoms with E-state index in [1.165, 1.54) is 0 Å². The molecule has 1 atom stereocenters. The van der Waals surface area contributed by atoms with Crippen molar-refractivity contribution in [1.82, 2.24) is 9.80 Å². The van der Waals surface area contributed by atoms with Crippen LogP contribution >= 0.6 is 0 Å². The quantitative estimate of drug-likeness (QED) is 0.850. The molecule has 0 bridgehead atoms. The van der Waals surface area contributed by atoms with Gasteiger partial charge >= 0.3 is 0 Å². The Bertz CT molecular complexity index is 509. The third-order valence-electron chi connectivity index (χ3n) is 4.77. The molecule has 3 rings (SSSR count). The maximum atomic E-state index is 12.9. The molecular formula is C17H24N2O2. The zero-order chi connectivity index (χ0) is 14.8. The number of carbonyl (C=O) groups is 1. The molecule has 1 aromatic carbocycles. The van der Waals surface area contributed by atoms with Gasteiger partial charge in [-0.2, -0.15) is 0 Å². The van der Waals surface area contributed by atoms with Gasteiger partial charge in [-0.3, -0.25) is 4.79 Å². The Balaban J connectivity index is 1.87. The van der Waals surface area contributed by atoms with Gasteiger partial charge in [-0.1, -0.05) is 18.2 Å². The van der Waals surface area contributed by atoms with E-state index in [2.05, 4.69) is 22.9 Å². The first-order valence-electron chi connectivity index (χ1n) is 7.78. The second-order valence-electron chi connectivity index (χ2n) is 6.22. The van der Waals surface area contributed by atoms with Gasteiger partial charge in [-0.05, 0) is 51.0 Å². The summed E-state index contributed by atoms with van der Waals surface area (Å²) in [5, 5.41) is 0. The molecule has 2 aliphatic heterocycles. The zero-order valence-electron chi connectivity index (χ0n) is 12.9. The highest BCUT2D eigenvalue weighted by Crippen LogP contribution is 2.28. The van der Waals surface area contributed by atoms with Gasteiger partial charge < -0.3 is 14.5 Å². The Kier molecular flexibility index (Phi) is 4.27. The minimum absolute atomic E-state index is 0.172. The lowest BCUT2D eigenvalue weighted by Crippen LogP contribution is -2.55. The van der Waals surface area contributed by atoms with E-state index >= 15 is 0 Å². The van der Waals surface area contributed by atoms with Gasteiger partial charge in [0.2, 0.25) is 0 Å². The first-order valence-corrected chi connectivity index (χ1v) is 7.78. The standard InChI is InChI=1S/C17H24N2O2/c1-18-9-7-14(8-10-18)19-15(12-21-2)11-13-5-3-4-6-16(13)17(19)20/h3-6,14-15H,7-12H2,1-2H3. The molecule has 21 heavy (non-hydrogen) atoms. The highest BCUT2D eigenvalue weighted by atomic mass is 16.5. The van der Waals surface area contributed by atoms with Crippen molar-refractivity contribution in [3.05, 3.63) is 35.4 Å². The van der Waals surface area contributed by atoms with Crippen molar-refractivity contribution in [3.8, 4) is 0 Å². The molecule has 114 valence electrons. The molecule has 1 saturated heterocycles. The molecule has 0 aliphatic carbocycles. The summed E-state index contributed by atoms with van der Waals surface area (Å²) in [7, 11) is 3.87. The summed E-state index contributed by atoms with van der Waals surface area (Å²) in [6, 6.07) is 8.53. The lowest BCUT2D eigenvalue weighted by atomic mass is 9.90. The molecule has 0 saturated carbocycles. The number of carbonyl (C=O) groups excluding carboxylic acids is 1. The van der Waals surface area contributed by atoms with Crippen molar-refractivity contribution < 1.29 is 9.53 Å². The Morgan fingerprint density at radius 2 is 1.95 bits per heavy atom. The van der Waals surface area contributed by atoms with Gasteiger partial charge in [0.1, 0.15) is 0 Å². The van der Waals surface area contributed by atoms with E-state index in [0.29, 0.717) is 12.6 Å². The monoisotopic (exact) mass is 288 g/mol. The maximum absolute atomic E-state index is 12.9. The number of amides is 1. The van der Waals surface area contributed by atoms with Crippen LogP contribution in [0.15, 0.2) is 24.3 Å². The topological polar surface area (TPSA) is 32.8 Å². The molecule has 1 fully saturated rings. The number of methoxy groups -OCH3 is 1. The predicted molar refractivity (Wildman–Crippen MR) is 82.5 cm³/mol. The van der Waals surface area contributed by atoms with E-state index in [4.69, 9.17) is 4.74 Å². The fourth-order valence-corrected chi connectivity index (χ4v) is 3.63. The van der Waals surface area contributed by atoms with E-state index in [1.54, 1.807) is 7.11 Å². The van der Waals surface area contributed by atoms with Crippen LogP contribution in [0.25, 0.3) is 0 Å². The van der Waals surface area contributed by atoms with Gasteiger partial charge in [-0.25, -0.2) is 0 Å². The summed E-state index contributed by atoms with van der Waals surface area (Å²) in [6.07, 6.45) is 3.03. The second kappa shape index (κ2) is 6.16. The van der Waals surface area contributed by atoms with Crippen LogP contribution < -0.4 is 0 Å². The number of piperidine rings is 1. The number of ether oxygens (including phenoxy) is 1. The molecule has 1 aromatic rings. The molecule has 0 N–H and O–H groups in total. The van der Waals surface area contributed by atoms with Crippen molar-refractivity contribution >= 4 is 5.91 Å². The van der Waals surface area contributed by atoms with Crippen molar-refractivity contribution in [3.63, 3.8) is 0 Å². The van der Waals surface area contributed by atoms with Crippen molar-refractivity contribution in [2.45, 2.75) is 31.3 Å². The normalized spacial score (nSPS) is 24.2. The summed E-state index contributed by atoms with van der Waals surface area (Å²) >= 11 is 0. The van der Waals surface area contributed by atoms with Crippen LogP contribution in [0.2, 0.25) is 0 Å². The number of nitrogens with zero attached hydrogens (tertiary/aromatic N) is 2. The average Bonchev–Trinajstić information content (AvgIpc) is 2.49. The SMILES string of the molecule is COCC1Cc2ccccc2C(=O)N1C1CCN(C)CC1. The first kappa shape index (κ1) is 14.5. The van der Waals surface area contributed by atoms with E-state index in [9.17, 15) is 4.79 Å². The van der Waals surface area contributed by atoms with Crippen molar-refractivity contribution in [2.75, 3.05) is 33.9 Å². The van der Waals surface area contributed by atoms with Crippen LogP contribution in [-0.4, -0.2) is 61.6 Å². The average molecular weight is 288 g/mol. The number of benzene rings is 1. The molecule has 2 aliphatic rings. The Labute approximate surface area is 126 Å². The van der Waals surface area contributed by atoms with Gasteiger partial charge in [0, 0.05) is 18.7 Å². The molecule has 1 amide bonds. The molecule has 0 aromatic heterocycles. The largest absolute Gasteiger partial charge is 0.383 e. The van der Waals surface area contributed by atoms with Crippen LogP contribution in [0.5, 0.6) is 0 Å². The summed E-state index contributed by atoms with van der Waals surface area (Å²) in [6.45, 7) is 2.75. The summed E-state index contributed by atoms with van der Waals surface area (Å²) in [4.78, 5) is 17.4. The van der Waals surface area contributed by atoms with E-state index in [-0.39, 0.29) is 11.9 Å². The fourth-order valence-electron chi connectivity index (χ4n) is 3.63. The zero-order valence-corrected chi connectivity index (χ0v) is 12.9. The molecular weight excluding hydrogens is 264 g/mol. The van der Waals surface area contributed by atoms with E-state index in [1.807, 2.05) is 18.2 Å². The summed E-state index contributed by atoms with van der Waals surface area (Å²) in [5.41, 5.74) is 2.04. The third-order valence-corrected chi connectivity index (χ3v) is 4.77. The highest BCUT2D eigenvalue weighted by Gasteiger charge is 2.37. The van der Waals surface area contributed by atoms with Gasteiger partial charge in [0.05, 0.1) is 12.6 Å². The second-order valence-corrected chi connectivity index (χ2v) is 6.22. The number of hydrogen-bond acceptors (Lipinski definition) is 3. The molecule has 4 heteroatoms. The number of hydrogen-bond donors (Lipinski definition) is 0. The van der Waals surface area contributed by atoms with Gasteiger partial charge in [0.25, 0.3) is 5.91 Å². The Morgan fingerprint density at radius 1 is 1.24 bits per heavy atom. The third kappa shape index (κ3) is 2.83. The summed E-state index contributed by atoms with van der Waals surface area (Å²) in [5.74, 6) is 0.188. The van der Waals surface area contributed by atoms with E-state index < -0.39 is 0 Å². The van der Waals surface area contributed by atoms with Crippen LogP contribution in [0.1, 0.15) is 28.8 Å². The molecule has 4 nitrogen and oxygen atoms in total. The van der Waals surface area contributed by atoms with Crippen LogP contribution in [0, 0.1) is 0 Å². The van der Waals surface area contributed by atoms with Crippen LogP contribution in [-0.2, 0) is 11.2 Å². The molecule has 0 radical (unpaired) electrons. The Hall–Kier alpha value is -1.39. The first-order chi connectivity index (χ1) is 10.2. The maximum Gasteiger partial charge on any atom is 0.254 e. The lowest BCUT2D eigenvalue weighted by Gasteiger charge is -2.44. The van der Waals surface area contributed by atoms with Gasteiger partial charge in [-0.15, -0.1) is 0 Å². The van der Waals surface area contributed by atoms with Crippen molar-refractivity contribution in [1.29, 1.82) is 0 Å². The number of rotatable bonds is 3. The molecule has 1 unspecified atom stereocenters. The van der Waals surface area contributed by atoms with Crippen LogP contribution in [0.3, 0.4) is 0 Å². The molecule has 0 spiro atoms. The van der Waals surface area contributed by atoms with Crippen molar-refractivity contribution in [2.24, 2.45) is 0 Å². The highest BCUT2D eigenvalue weighted by molar-refractivity contribution is 5.97. The fraction of sp³-hybridized carbons (Fsp3) is 0.588. The van der Waals surface area contributed by atoms with Gasteiger partial charge in [0.15, 0.2) is 0 Å². The Morgan fingerprint density at radius 3 is 2.67 bits per heavy atom. The minimum Gasteiger partial charge on any atom is -0.383 e. The summed E-state index contributed by atoms with van der Waals surface area (Å²) < 4.78 is 5.38. The number of likely N-dealkylation sites (tertiary alicyclic amines) is 1. The lowest BCUT2D eigenvalue weighted by molar-refractivity contribution is 0.0238. The minimum atomic E-state index is 0.172. The molecule has 2 heterocycles. The smallest absolute Gasteiger partial charge is 0.254 e. The predicted octanol–water partition coefficient (Wildman–Crippen LogP) is 1.79. The number of fused-ring (bicyclic) bond motifs is 1. The van der Waals surface area contributed by atoms with E-state index in [0.717, 1.165) is 43.5 Å².